The Morgan fingerprint density at radius 2 is 1.86 bits per heavy atom. The van der Waals surface area contributed by atoms with Crippen LogP contribution in [0, 0.1) is 5.92 Å². The van der Waals surface area contributed by atoms with Crippen molar-refractivity contribution in [3.8, 4) is 0 Å². The Bertz CT molecular complexity index is 911. The zero-order chi connectivity index (χ0) is 20.9. The van der Waals surface area contributed by atoms with Gasteiger partial charge in [0, 0.05) is 0 Å². The van der Waals surface area contributed by atoms with Gasteiger partial charge in [-0.15, -0.1) is 0 Å². The van der Waals surface area contributed by atoms with Crippen molar-refractivity contribution >= 4 is 27.9 Å². The fraction of sp³-hybridized carbons (Fsp3) is 0.500. The van der Waals surface area contributed by atoms with Gasteiger partial charge in [-0.05, 0) is 26.3 Å². The molecule has 2 fully saturated rings. The Balaban J connectivity index is 1.70. The van der Waals surface area contributed by atoms with Crippen molar-refractivity contribution < 1.29 is 37.4 Å². The molecule has 1 amide bonds. The molecule has 0 bridgehead atoms. The Kier molecular flexibility index (Phi) is 4.86. The summed E-state index contributed by atoms with van der Waals surface area (Å²) < 4.78 is 34.1. The topological polar surface area (TPSA) is 127 Å². The van der Waals surface area contributed by atoms with Crippen LogP contribution in [-0.4, -0.2) is 58.7 Å². The fourth-order valence-electron chi connectivity index (χ4n) is 3.75. The molecule has 9 nitrogen and oxygen atoms in total. The highest BCUT2D eigenvalue weighted by Gasteiger charge is 2.73. The maximum absolute atomic E-state index is 12.8. The van der Waals surface area contributed by atoms with Crippen molar-refractivity contribution in [1.82, 2.24) is 4.90 Å². The first-order valence-corrected chi connectivity index (χ1v) is 10.2. The van der Waals surface area contributed by atoms with Gasteiger partial charge in [-0.1, -0.05) is 30.3 Å². The summed E-state index contributed by atoms with van der Waals surface area (Å²) in [7, 11) is -3.99. The predicted octanol–water partition coefficient (Wildman–Crippen LogP) is 1.17. The Morgan fingerprint density at radius 1 is 1.25 bits per heavy atom. The zero-order valence-electron chi connectivity index (χ0n) is 15.6. The summed E-state index contributed by atoms with van der Waals surface area (Å²) in [5.41, 5.74) is 0.738. The maximum atomic E-state index is 12.8. The molecule has 0 aliphatic carbocycles. The highest BCUT2D eigenvalue weighted by Crippen LogP contribution is 2.49. The van der Waals surface area contributed by atoms with Crippen molar-refractivity contribution in [3.05, 3.63) is 35.9 Å². The van der Waals surface area contributed by atoms with E-state index in [0.717, 1.165) is 10.5 Å². The molecule has 2 aliphatic rings. The quantitative estimate of drug-likeness (QED) is 0.565. The number of ether oxygens (including phenoxy) is 2. The summed E-state index contributed by atoms with van der Waals surface area (Å²) in [5.74, 6) is -3.23. The van der Waals surface area contributed by atoms with Crippen LogP contribution < -0.4 is 0 Å². The molecule has 10 heteroatoms. The number of carboxylic acid groups (broad SMARTS) is 1. The highest BCUT2D eigenvalue weighted by atomic mass is 32.2. The molecule has 2 saturated heterocycles. The van der Waals surface area contributed by atoms with Crippen LogP contribution in [0.1, 0.15) is 26.3 Å². The lowest BCUT2D eigenvalue weighted by atomic mass is 9.88. The van der Waals surface area contributed by atoms with Crippen molar-refractivity contribution in [1.29, 1.82) is 0 Å². The van der Waals surface area contributed by atoms with Crippen LogP contribution in [0.2, 0.25) is 0 Å². The molecular weight excluding hydrogens is 390 g/mol. The lowest BCUT2D eigenvalue weighted by Gasteiger charge is -2.44. The molecule has 0 radical (unpaired) electrons. The number of hydrogen-bond donors (Lipinski definition) is 1. The second kappa shape index (κ2) is 6.77. The first kappa shape index (κ1) is 20.1. The summed E-state index contributed by atoms with van der Waals surface area (Å²) in [6, 6.07) is 7.39. The largest absolute Gasteiger partial charge is 0.508 e. The van der Waals surface area contributed by atoms with Gasteiger partial charge in [-0.2, -0.15) is 0 Å². The number of carboxylic acids is 1. The smallest absolute Gasteiger partial charge is 0.480 e. The summed E-state index contributed by atoms with van der Waals surface area (Å²) >= 11 is 0. The van der Waals surface area contributed by atoms with Crippen molar-refractivity contribution in [3.63, 3.8) is 0 Å². The summed E-state index contributed by atoms with van der Waals surface area (Å²) in [5, 5.41) is 8.07. The number of benzene rings is 1. The molecule has 0 aromatic heterocycles. The van der Waals surface area contributed by atoms with Gasteiger partial charge < -0.3 is 19.5 Å². The van der Waals surface area contributed by atoms with E-state index in [4.69, 9.17) is 9.47 Å². The van der Waals surface area contributed by atoms with Crippen molar-refractivity contribution in [2.24, 2.45) is 5.92 Å². The van der Waals surface area contributed by atoms with Gasteiger partial charge in [0.05, 0.1) is 4.75 Å². The Hall–Kier alpha value is -2.62. The Morgan fingerprint density at radius 3 is 2.43 bits per heavy atom. The van der Waals surface area contributed by atoms with E-state index >= 15 is 0 Å². The average Bonchev–Trinajstić information content (AvgIpc) is 2.75. The fourth-order valence-corrected chi connectivity index (χ4v) is 6.15. The van der Waals surface area contributed by atoms with E-state index in [1.165, 1.54) is 20.8 Å². The van der Waals surface area contributed by atoms with Crippen LogP contribution in [0.25, 0.3) is 0 Å². The number of β-lactam (4-membered cyclic amide) rings is 1. The Labute approximate surface area is 162 Å². The van der Waals surface area contributed by atoms with Crippen LogP contribution in [0.4, 0.5) is 4.79 Å². The standard InChI is InChI=1S/C18H21NO8S/c1-10(27-17(23)26-9-11-7-5-4-6-8-11)12-14(20)19-13(16(21)22)18(2,3)28(24,25)15(12)19/h4-8,10,12-13,15H,9H2,1-3H3,(H,21,22)/t10-,12-,13+,15-/m1/s1. The highest BCUT2D eigenvalue weighted by molar-refractivity contribution is 7.93. The average molecular weight is 411 g/mol. The van der Waals surface area contributed by atoms with Gasteiger partial charge in [-0.3, -0.25) is 4.79 Å². The number of hydrogen-bond acceptors (Lipinski definition) is 7. The molecule has 1 aromatic carbocycles. The molecule has 2 aliphatic heterocycles. The van der Waals surface area contributed by atoms with E-state index in [-0.39, 0.29) is 6.61 Å². The minimum absolute atomic E-state index is 0.0347. The summed E-state index contributed by atoms with van der Waals surface area (Å²) in [6.07, 6.45) is -2.12. The lowest BCUT2D eigenvalue weighted by Crippen LogP contribution is -2.66. The first-order valence-electron chi connectivity index (χ1n) is 8.66. The summed E-state index contributed by atoms with van der Waals surface area (Å²) in [6.45, 7) is 3.92. The third-order valence-corrected chi connectivity index (χ3v) is 8.18. The molecule has 2 heterocycles. The van der Waals surface area contributed by atoms with Crippen molar-refractivity contribution in [2.45, 2.75) is 49.6 Å². The van der Waals surface area contributed by atoms with Crippen molar-refractivity contribution in [2.75, 3.05) is 0 Å². The molecule has 4 atom stereocenters. The van der Waals surface area contributed by atoms with Crippen LogP contribution >= 0.6 is 0 Å². The number of sulfone groups is 1. The van der Waals surface area contributed by atoms with Gasteiger partial charge >= 0.3 is 12.1 Å². The monoisotopic (exact) mass is 411 g/mol. The molecule has 1 aromatic rings. The SMILES string of the molecule is C[C@@H](OC(=O)OCc1ccccc1)[C@@H]1C(=O)N2[C@@H](C(=O)O)C(C)(C)S(=O)(=O)[C@H]12. The van der Waals surface area contributed by atoms with Gasteiger partial charge in [-0.25, -0.2) is 18.0 Å². The minimum Gasteiger partial charge on any atom is -0.480 e. The second-order valence-electron chi connectivity index (χ2n) is 7.40. The second-order valence-corrected chi connectivity index (χ2v) is 10.0. The van der Waals surface area contributed by atoms with E-state index < -0.39 is 56.1 Å². The lowest BCUT2D eigenvalue weighted by molar-refractivity contribution is -0.169. The molecule has 0 unspecified atom stereocenters. The predicted molar refractivity (Wildman–Crippen MR) is 95.7 cm³/mol. The number of nitrogens with zero attached hydrogens (tertiary/aromatic N) is 1. The number of carbonyl (C=O) groups excluding carboxylic acids is 2. The maximum Gasteiger partial charge on any atom is 0.508 e. The third kappa shape index (κ3) is 2.92. The van der Waals surface area contributed by atoms with E-state index in [2.05, 4.69) is 0 Å². The van der Waals surface area contributed by atoms with Gasteiger partial charge in [0.25, 0.3) is 0 Å². The molecule has 152 valence electrons. The van der Waals surface area contributed by atoms with E-state index in [1.54, 1.807) is 24.3 Å². The minimum atomic E-state index is -3.99. The van der Waals surface area contributed by atoms with E-state index in [1.807, 2.05) is 6.07 Å². The number of amides is 1. The molecule has 0 spiro atoms. The van der Waals surface area contributed by atoms with Gasteiger partial charge in [0.1, 0.15) is 24.7 Å². The van der Waals surface area contributed by atoms with Crippen LogP contribution in [0.15, 0.2) is 30.3 Å². The first-order chi connectivity index (χ1) is 13.0. The molecular formula is C18H21NO8S. The molecule has 1 N–H and O–H groups in total. The number of fused-ring (bicyclic) bond motifs is 1. The zero-order valence-corrected chi connectivity index (χ0v) is 16.4. The third-order valence-electron chi connectivity index (χ3n) is 5.33. The van der Waals surface area contributed by atoms with Gasteiger partial charge in [0.2, 0.25) is 5.91 Å². The number of aliphatic carboxylic acids is 1. The number of rotatable bonds is 5. The summed E-state index contributed by atoms with van der Waals surface area (Å²) in [4.78, 5) is 36.8. The molecule has 28 heavy (non-hydrogen) atoms. The van der Waals surface area contributed by atoms with E-state index in [9.17, 15) is 27.9 Å². The van der Waals surface area contributed by atoms with Crippen LogP contribution in [0.3, 0.4) is 0 Å². The van der Waals surface area contributed by atoms with E-state index in [0.29, 0.717) is 0 Å². The van der Waals surface area contributed by atoms with Crippen LogP contribution in [-0.2, 0) is 35.5 Å². The normalized spacial score (nSPS) is 28.0. The molecule has 0 saturated carbocycles. The molecule has 3 rings (SSSR count). The van der Waals surface area contributed by atoms with Crippen LogP contribution in [0.5, 0.6) is 0 Å². The number of carbonyl (C=O) groups is 3. The van der Waals surface area contributed by atoms with Gasteiger partial charge in [0.15, 0.2) is 15.2 Å².